The lowest BCUT2D eigenvalue weighted by atomic mass is 9.96. The van der Waals surface area contributed by atoms with Crippen molar-refractivity contribution in [2.24, 2.45) is 18.9 Å². The van der Waals surface area contributed by atoms with Gasteiger partial charge in [-0.15, -0.1) is 0 Å². The molecule has 1 aromatic heterocycles. The van der Waals surface area contributed by atoms with E-state index in [0.717, 1.165) is 24.1 Å². The minimum absolute atomic E-state index is 0.0355. The summed E-state index contributed by atoms with van der Waals surface area (Å²) in [5.74, 6) is -1.05. The lowest BCUT2D eigenvalue weighted by Gasteiger charge is -2.16. The first-order chi connectivity index (χ1) is 9.99. The maximum absolute atomic E-state index is 11.8. The highest BCUT2D eigenvalue weighted by Crippen LogP contribution is 2.31. The summed E-state index contributed by atoms with van der Waals surface area (Å²) in [4.78, 5) is 22.8. The summed E-state index contributed by atoms with van der Waals surface area (Å²) < 4.78 is 1.75. The van der Waals surface area contributed by atoms with Crippen LogP contribution in [0.15, 0.2) is 6.20 Å². The number of aryl methyl sites for hydroxylation is 1. The van der Waals surface area contributed by atoms with Gasteiger partial charge in [0, 0.05) is 31.4 Å². The van der Waals surface area contributed by atoms with Crippen molar-refractivity contribution in [3.05, 3.63) is 17.5 Å². The molecule has 0 radical (unpaired) electrons. The summed E-state index contributed by atoms with van der Waals surface area (Å²) in [5, 5.41) is 18.7. The van der Waals surface area contributed by atoms with E-state index in [0.29, 0.717) is 19.5 Å². The Morgan fingerprint density at radius 1 is 1.43 bits per heavy atom. The molecule has 3 N–H and O–H groups in total. The molecule has 2 unspecified atom stereocenters. The second-order valence-electron chi connectivity index (χ2n) is 5.58. The third-order valence-corrected chi connectivity index (χ3v) is 4.28. The number of carbonyl (C=O) groups excluding carboxylic acids is 1. The predicted octanol–water partition coefficient (Wildman–Crippen LogP) is 1.03. The molecule has 0 bridgehead atoms. The van der Waals surface area contributed by atoms with Crippen molar-refractivity contribution in [3.8, 4) is 0 Å². The van der Waals surface area contributed by atoms with Gasteiger partial charge < -0.3 is 15.7 Å². The van der Waals surface area contributed by atoms with Crippen molar-refractivity contribution in [2.75, 3.05) is 6.54 Å². The molecule has 116 valence electrons. The highest BCUT2D eigenvalue weighted by molar-refractivity contribution is 5.74. The molecule has 2 atom stereocenters. The van der Waals surface area contributed by atoms with E-state index in [9.17, 15) is 9.59 Å². The monoisotopic (exact) mass is 294 g/mol. The van der Waals surface area contributed by atoms with E-state index >= 15 is 0 Å². The zero-order valence-corrected chi connectivity index (χ0v) is 12.4. The molecule has 21 heavy (non-hydrogen) atoms. The maximum atomic E-state index is 11.8. The van der Waals surface area contributed by atoms with Crippen molar-refractivity contribution in [2.45, 2.75) is 32.7 Å². The summed E-state index contributed by atoms with van der Waals surface area (Å²) in [6, 6.07) is -0.269. The molecule has 2 rings (SSSR count). The lowest BCUT2D eigenvalue weighted by Crippen LogP contribution is -2.39. The van der Waals surface area contributed by atoms with Crippen molar-refractivity contribution in [3.63, 3.8) is 0 Å². The van der Waals surface area contributed by atoms with Crippen LogP contribution < -0.4 is 10.6 Å². The van der Waals surface area contributed by atoms with Gasteiger partial charge in [0.05, 0.1) is 12.1 Å². The second kappa shape index (κ2) is 6.60. The molecule has 7 nitrogen and oxygen atoms in total. The number of nitrogens with zero attached hydrogens (tertiary/aromatic N) is 2. The average Bonchev–Trinajstić information content (AvgIpc) is 3.03. The number of carbonyl (C=O) groups is 2. The maximum Gasteiger partial charge on any atom is 0.315 e. The van der Waals surface area contributed by atoms with E-state index < -0.39 is 5.97 Å². The number of hydrogen-bond donors (Lipinski definition) is 3. The molecule has 2 amide bonds. The van der Waals surface area contributed by atoms with E-state index in [2.05, 4.69) is 15.7 Å². The van der Waals surface area contributed by atoms with E-state index in [1.807, 2.05) is 14.0 Å². The minimum Gasteiger partial charge on any atom is -0.481 e. The topological polar surface area (TPSA) is 96.2 Å². The molecule has 1 aliphatic rings. The smallest absolute Gasteiger partial charge is 0.315 e. The minimum atomic E-state index is -0.759. The van der Waals surface area contributed by atoms with Gasteiger partial charge in [0.1, 0.15) is 0 Å². The highest BCUT2D eigenvalue weighted by Gasteiger charge is 2.32. The Labute approximate surface area is 123 Å². The fraction of sp³-hybridized carbons (Fsp3) is 0.643. The summed E-state index contributed by atoms with van der Waals surface area (Å²) in [6.07, 6.45) is 4.21. The van der Waals surface area contributed by atoms with Gasteiger partial charge in [-0.1, -0.05) is 6.42 Å². The van der Waals surface area contributed by atoms with Crippen LogP contribution in [0.3, 0.4) is 0 Å². The largest absolute Gasteiger partial charge is 0.481 e. The fourth-order valence-electron chi connectivity index (χ4n) is 2.79. The zero-order valence-electron chi connectivity index (χ0n) is 12.4. The number of aliphatic carboxylic acids is 1. The Morgan fingerprint density at radius 2 is 2.19 bits per heavy atom. The van der Waals surface area contributed by atoms with Gasteiger partial charge in [0.2, 0.25) is 0 Å². The Balaban J connectivity index is 1.75. The molecular weight excluding hydrogens is 272 g/mol. The number of rotatable bonds is 5. The van der Waals surface area contributed by atoms with Crippen LogP contribution in [-0.2, 0) is 18.4 Å². The molecule has 0 spiro atoms. The SMILES string of the molecule is Cc1c(CNC(=O)NCC2CCCC2C(=O)O)cnn1C. The van der Waals surface area contributed by atoms with Gasteiger partial charge in [-0.3, -0.25) is 9.48 Å². The number of hydrogen-bond acceptors (Lipinski definition) is 3. The average molecular weight is 294 g/mol. The Hall–Kier alpha value is -2.05. The van der Waals surface area contributed by atoms with Crippen LogP contribution >= 0.6 is 0 Å². The van der Waals surface area contributed by atoms with Gasteiger partial charge in [0.25, 0.3) is 0 Å². The molecule has 0 aromatic carbocycles. The summed E-state index contributed by atoms with van der Waals surface area (Å²) in [5.41, 5.74) is 1.98. The molecule has 0 saturated heterocycles. The van der Waals surface area contributed by atoms with E-state index in [1.165, 1.54) is 0 Å². The Kier molecular flexibility index (Phi) is 4.82. The predicted molar refractivity (Wildman–Crippen MR) is 76.7 cm³/mol. The normalized spacial score (nSPS) is 21.2. The highest BCUT2D eigenvalue weighted by atomic mass is 16.4. The van der Waals surface area contributed by atoms with Gasteiger partial charge >= 0.3 is 12.0 Å². The van der Waals surface area contributed by atoms with Crippen LogP contribution in [0.5, 0.6) is 0 Å². The summed E-state index contributed by atoms with van der Waals surface area (Å²) in [7, 11) is 1.85. The standard InChI is InChI=1S/C14H22N4O3/c1-9-11(8-17-18(9)2)7-16-14(21)15-6-10-4-3-5-12(10)13(19)20/h8,10,12H,3-7H2,1-2H3,(H,19,20)(H2,15,16,21). The Bertz CT molecular complexity index is 526. The van der Waals surface area contributed by atoms with E-state index in [-0.39, 0.29) is 17.9 Å². The Morgan fingerprint density at radius 3 is 2.81 bits per heavy atom. The first kappa shape index (κ1) is 15.3. The van der Waals surface area contributed by atoms with E-state index in [4.69, 9.17) is 5.11 Å². The van der Waals surface area contributed by atoms with Crippen molar-refractivity contribution < 1.29 is 14.7 Å². The second-order valence-corrected chi connectivity index (χ2v) is 5.58. The zero-order chi connectivity index (χ0) is 15.4. The van der Waals surface area contributed by atoms with Crippen LogP contribution in [0, 0.1) is 18.8 Å². The molecule has 0 aliphatic heterocycles. The number of carboxylic acid groups (broad SMARTS) is 1. The van der Waals surface area contributed by atoms with Gasteiger partial charge in [-0.05, 0) is 25.7 Å². The summed E-state index contributed by atoms with van der Waals surface area (Å²) >= 11 is 0. The number of amides is 2. The molecule has 1 saturated carbocycles. The molecular formula is C14H22N4O3. The first-order valence-electron chi connectivity index (χ1n) is 7.21. The van der Waals surface area contributed by atoms with Crippen molar-refractivity contribution in [1.29, 1.82) is 0 Å². The number of carboxylic acids is 1. The number of aromatic nitrogens is 2. The van der Waals surface area contributed by atoms with Crippen LogP contribution in [0.25, 0.3) is 0 Å². The van der Waals surface area contributed by atoms with Crippen molar-refractivity contribution >= 4 is 12.0 Å². The first-order valence-corrected chi connectivity index (χ1v) is 7.21. The van der Waals surface area contributed by atoms with Crippen molar-refractivity contribution in [1.82, 2.24) is 20.4 Å². The van der Waals surface area contributed by atoms with Gasteiger partial charge in [0.15, 0.2) is 0 Å². The van der Waals surface area contributed by atoms with Crippen LogP contribution in [0.4, 0.5) is 4.79 Å². The number of urea groups is 1. The van der Waals surface area contributed by atoms with Crippen LogP contribution in [0.1, 0.15) is 30.5 Å². The van der Waals surface area contributed by atoms with E-state index in [1.54, 1.807) is 10.9 Å². The van der Waals surface area contributed by atoms with Gasteiger partial charge in [-0.25, -0.2) is 4.79 Å². The van der Waals surface area contributed by atoms with Gasteiger partial charge in [-0.2, -0.15) is 5.10 Å². The molecule has 1 fully saturated rings. The summed E-state index contributed by atoms with van der Waals surface area (Å²) in [6.45, 7) is 2.77. The molecule has 1 aliphatic carbocycles. The van der Waals surface area contributed by atoms with Crippen LogP contribution in [-0.4, -0.2) is 33.4 Å². The quantitative estimate of drug-likeness (QED) is 0.755. The molecule has 7 heteroatoms. The fourth-order valence-corrected chi connectivity index (χ4v) is 2.79. The molecule has 1 heterocycles. The third kappa shape index (κ3) is 3.74. The molecule has 1 aromatic rings. The number of nitrogens with one attached hydrogen (secondary N) is 2. The third-order valence-electron chi connectivity index (χ3n) is 4.28. The van der Waals surface area contributed by atoms with Crippen LogP contribution in [0.2, 0.25) is 0 Å². The lowest BCUT2D eigenvalue weighted by molar-refractivity contribution is -0.142.